The zero-order valence-electron chi connectivity index (χ0n) is 11.7. The molecule has 2 unspecified atom stereocenters. The van der Waals surface area contributed by atoms with Crippen molar-refractivity contribution in [3.8, 4) is 0 Å². The van der Waals surface area contributed by atoms with Gasteiger partial charge in [0.1, 0.15) is 0 Å². The van der Waals surface area contributed by atoms with Crippen LogP contribution in [0.5, 0.6) is 0 Å². The summed E-state index contributed by atoms with van der Waals surface area (Å²) in [4.78, 5) is 0. The molecule has 0 heterocycles. The number of benzene rings is 2. The highest BCUT2D eigenvalue weighted by atomic mass is 79.9. The molecule has 0 radical (unpaired) electrons. The van der Waals surface area contributed by atoms with Crippen LogP contribution in [0.3, 0.4) is 0 Å². The van der Waals surface area contributed by atoms with Crippen LogP contribution in [0.15, 0.2) is 51.4 Å². The van der Waals surface area contributed by atoms with E-state index in [1.54, 1.807) is 0 Å². The van der Waals surface area contributed by atoms with Crippen LogP contribution in [0.2, 0.25) is 0 Å². The minimum Gasteiger partial charge on any atom is -0.323 e. The Morgan fingerprint density at radius 2 is 1.70 bits per heavy atom. The third-order valence-corrected chi connectivity index (χ3v) is 5.28. The highest BCUT2D eigenvalue weighted by molar-refractivity contribution is 9.11. The molecule has 2 atom stereocenters. The van der Waals surface area contributed by atoms with E-state index in [1.165, 1.54) is 11.1 Å². The smallest absolute Gasteiger partial charge is 0.0376 e. The quantitative estimate of drug-likeness (QED) is 0.703. The fourth-order valence-corrected chi connectivity index (χ4v) is 3.61. The summed E-state index contributed by atoms with van der Waals surface area (Å²) in [6.07, 6.45) is 1.02. The van der Waals surface area contributed by atoms with Crippen molar-refractivity contribution in [3.05, 3.63) is 68.1 Å². The van der Waals surface area contributed by atoms with Crippen LogP contribution in [-0.2, 0) is 0 Å². The lowest BCUT2D eigenvalue weighted by molar-refractivity contribution is 0.537. The van der Waals surface area contributed by atoms with E-state index in [-0.39, 0.29) is 6.04 Å². The first-order valence-corrected chi connectivity index (χ1v) is 8.39. The molecule has 0 aliphatic heterocycles. The third kappa shape index (κ3) is 3.33. The summed E-state index contributed by atoms with van der Waals surface area (Å²) in [5.41, 5.74) is 10.2. The van der Waals surface area contributed by atoms with Crippen LogP contribution >= 0.6 is 31.9 Å². The molecule has 2 rings (SSSR count). The summed E-state index contributed by atoms with van der Waals surface area (Å²) in [7, 11) is 0. The zero-order valence-corrected chi connectivity index (χ0v) is 14.9. The fraction of sp³-hybridized carbons (Fsp3) is 0.294. The average Bonchev–Trinajstić information content (AvgIpc) is 2.44. The van der Waals surface area contributed by atoms with E-state index < -0.39 is 0 Å². The van der Waals surface area contributed by atoms with Gasteiger partial charge in [-0.1, -0.05) is 69.1 Å². The Morgan fingerprint density at radius 1 is 1.05 bits per heavy atom. The lowest BCUT2D eigenvalue weighted by Crippen LogP contribution is -2.20. The predicted octanol–water partition coefficient (Wildman–Crippen LogP) is 5.71. The molecule has 0 bridgehead atoms. The monoisotopic (exact) mass is 395 g/mol. The number of rotatable bonds is 4. The van der Waals surface area contributed by atoms with E-state index in [2.05, 4.69) is 82.1 Å². The van der Waals surface area contributed by atoms with E-state index in [1.807, 2.05) is 6.07 Å². The Hall–Kier alpha value is -0.640. The van der Waals surface area contributed by atoms with Crippen molar-refractivity contribution in [3.63, 3.8) is 0 Å². The van der Waals surface area contributed by atoms with Crippen molar-refractivity contribution in [1.29, 1.82) is 0 Å². The average molecular weight is 397 g/mol. The SMILES string of the molecule is CCC(c1ccccc1)C(N)c1cc(Br)c(C)cc1Br. The molecule has 0 aromatic heterocycles. The summed E-state index contributed by atoms with van der Waals surface area (Å²) < 4.78 is 2.19. The molecular formula is C17H19Br2N. The Morgan fingerprint density at radius 3 is 2.30 bits per heavy atom. The van der Waals surface area contributed by atoms with Gasteiger partial charge in [0.05, 0.1) is 0 Å². The fourth-order valence-electron chi connectivity index (χ4n) is 2.53. The third-order valence-electron chi connectivity index (χ3n) is 3.74. The van der Waals surface area contributed by atoms with Gasteiger partial charge in [-0.3, -0.25) is 0 Å². The van der Waals surface area contributed by atoms with Crippen molar-refractivity contribution < 1.29 is 0 Å². The summed E-state index contributed by atoms with van der Waals surface area (Å²) in [5, 5.41) is 0. The van der Waals surface area contributed by atoms with E-state index in [9.17, 15) is 0 Å². The maximum absolute atomic E-state index is 6.55. The number of nitrogens with two attached hydrogens (primary N) is 1. The van der Waals surface area contributed by atoms with Crippen LogP contribution in [0.1, 0.15) is 42.0 Å². The molecule has 106 valence electrons. The Bertz CT molecular complexity index is 581. The molecule has 2 N–H and O–H groups in total. The van der Waals surface area contributed by atoms with Crippen LogP contribution in [0, 0.1) is 6.92 Å². The van der Waals surface area contributed by atoms with Gasteiger partial charge in [0.2, 0.25) is 0 Å². The van der Waals surface area contributed by atoms with Gasteiger partial charge in [-0.25, -0.2) is 0 Å². The molecular weight excluding hydrogens is 378 g/mol. The lowest BCUT2D eigenvalue weighted by Gasteiger charge is -2.25. The predicted molar refractivity (Wildman–Crippen MR) is 93.0 cm³/mol. The molecule has 0 aliphatic carbocycles. The largest absolute Gasteiger partial charge is 0.323 e. The van der Waals surface area contributed by atoms with Crippen LogP contribution in [-0.4, -0.2) is 0 Å². The Labute approximate surface area is 137 Å². The lowest BCUT2D eigenvalue weighted by atomic mass is 9.85. The normalized spacial score (nSPS) is 14.1. The second-order valence-corrected chi connectivity index (χ2v) is 6.78. The maximum Gasteiger partial charge on any atom is 0.0376 e. The first kappa shape index (κ1) is 15.7. The second kappa shape index (κ2) is 6.88. The van der Waals surface area contributed by atoms with E-state index >= 15 is 0 Å². The molecule has 0 saturated carbocycles. The highest BCUT2D eigenvalue weighted by Crippen LogP contribution is 2.37. The molecule has 1 nitrogen and oxygen atoms in total. The standard InChI is InChI=1S/C17H19Br2N/c1-3-13(12-7-5-4-6-8-12)17(20)14-10-15(18)11(2)9-16(14)19/h4-10,13,17H,3,20H2,1-2H3. The van der Waals surface area contributed by atoms with Crippen molar-refractivity contribution in [2.45, 2.75) is 32.2 Å². The summed E-state index contributed by atoms with van der Waals surface area (Å²) in [5.74, 6) is 0.321. The molecule has 0 saturated heterocycles. The zero-order chi connectivity index (χ0) is 14.7. The van der Waals surface area contributed by atoms with Gasteiger partial charge in [0.25, 0.3) is 0 Å². The topological polar surface area (TPSA) is 26.0 Å². The van der Waals surface area contributed by atoms with Crippen LogP contribution in [0.25, 0.3) is 0 Å². The summed E-state index contributed by atoms with van der Waals surface area (Å²) in [6, 6.07) is 14.7. The summed E-state index contributed by atoms with van der Waals surface area (Å²) in [6.45, 7) is 4.27. The van der Waals surface area contributed by atoms with E-state index in [0.717, 1.165) is 20.9 Å². The molecule has 20 heavy (non-hydrogen) atoms. The van der Waals surface area contributed by atoms with Crippen molar-refractivity contribution in [2.75, 3.05) is 0 Å². The van der Waals surface area contributed by atoms with Gasteiger partial charge in [0.15, 0.2) is 0 Å². The summed E-state index contributed by atoms with van der Waals surface area (Å²) >= 11 is 7.25. The minimum absolute atomic E-state index is 0.0197. The first-order valence-electron chi connectivity index (χ1n) is 6.80. The first-order chi connectivity index (χ1) is 9.54. The van der Waals surface area contributed by atoms with Crippen molar-refractivity contribution in [2.24, 2.45) is 5.73 Å². The van der Waals surface area contributed by atoms with Crippen molar-refractivity contribution in [1.82, 2.24) is 0 Å². The van der Waals surface area contributed by atoms with Gasteiger partial charge in [-0.15, -0.1) is 0 Å². The van der Waals surface area contributed by atoms with Crippen molar-refractivity contribution >= 4 is 31.9 Å². The van der Waals surface area contributed by atoms with Crippen LogP contribution < -0.4 is 5.73 Å². The molecule has 0 fully saturated rings. The molecule has 3 heteroatoms. The highest BCUT2D eigenvalue weighted by Gasteiger charge is 2.22. The second-order valence-electron chi connectivity index (χ2n) is 5.07. The number of hydrogen-bond acceptors (Lipinski definition) is 1. The van der Waals surface area contributed by atoms with E-state index in [0.29, 0.717) is 5.92 Å². The van der Waals surface area contributed by atoms with Gasteiger partial charge in [-0.2, -0.15) is 0 Å². The van der Waals surface area contributed by atoms with Gasteiger partial charge >= 0.3 is 0 Å². The van der Waals surface area contributed by atoms with E-state index in [4.69, 9.17) is 5.73 Å². The number of aryl methyl sites for hydroxylation is 1. The number of hydrogen-bond donors (Lipinski definition) is 1. The molecule has 2 aromatic carbocycles. The van der Waals surface area contributed by atoms with Crippen LogP contribution in [0.4, 0.5) is 0 Å². The molecule has 0 amide bonds. The number of halogens is 2. The maximum atomic E-state index is 6.55. The van der Waals surface area contributed by atoms with Gasteiger partial charge in [0, 0.05) is 20.9 Å². The van der Waals surface area contributed by atoms with Gasteiger partial charge < -0.3 is 5.73 Å². The Balaban J connectivity index is 2.39. The minimum atomic E-state index is -0.0197. The molecule has 2 aromatic rings. The molecule has 0 aliphatic rings. The van der Waals surface area contributed by atoms with Gasteiger partial charge in [-0.05, 0) is 42.2 Å². The molecule has 0 spiro atoms. The Kier molecular flexibility index (Phi) is 5.42.